The minimum Gasteiger partial charge on any atom is -0.359 e. The maximum Gasteiger partial charge on any atom is 0.534 e. The van der Waals surface area contributed by atoms with Crippen LogP contribution in [0.5, 0.6) is 0 Å². The lowest BCUT2D eigenvalue weighted by Crippen LogP contribution is -2.35. The predicted octanol–water partition coefficient (Wildman–Crippen LogP) is 0.328. The van der Waals surface area contributed by atoms with E-state index in [0.29, 0.717) is 0 Å². The lowest BCUT2D eigenvalue weighted by Gasteiger charge is -2.09. The molecule has 0 fully saturated rings. The number of Topliss-reactive ketones (excluding diaryl/α,β-unsaturated/α-hetero) is 1. The smallest absolute Gasteiger partial charge is 0.359 e. The molecule has 0 amide bonds. The van der Waals surface area contributed by atoms with E-state index >= 15 is 0 Å². The monoisotopic (exact) mass is 308 g/mol. The zero-order chi connectivity index (χ0) is 16.0. The summed E-state index contributed by atoms with van der Waals surface area (Å²) in [7, 11) is 0. The molecule has 0 aromatic carbocycles. The molecule has 116 valence electrons. The molecule has 0 aromatic heterocycles. The van der Waals surface area contributed by atoms with Gasteiger partial charge in [0, 0.05) is 0 Å². The predicted molar refractivity (Wildman–Crippen MR) is 50.5 cm³/mol. The first-order valence-electron chi connectivity index (χ1n) is 4.71. The van der Waals surface area contributed by atoms with Gasteiger partial charge in [0.2, 0.25) is 0 Å². The van der Waals surface area contributed by atoms with Gasteiger partial charge in [-0.15, -0.1) is 17.6 Å². The summed E-state index contributed by atoms with van der Waals surface area (Å²) in [5.74, 6) is -1.09. The van der Waals surface area contributed by atoms with Gasteiger partial charge in [-0.25, -0.2) is 0 Å². The van der Waals surface area contributed by atoms with Crippen molar-refractivity contribution in [3.63, 3.8) is 0 Å². The van der Waals surface area contributed by atoms with Crippen molar-refractivity contribution in [3.05, 3.63) is 20.2 Å². The zero-order valence-electron chi connectivity index (χ0n) is 9.59. The number of hydrogen-bond donors (Lipinski definition) is 0. The molecule has 9 nitrogen and oxygen atoms in total. The summed E-state index contributed by atoms with van der Waals surface area (Å²) in [6.07, 6.45) is 0. The fourth-order valence-electron chi connectivity index (χ4n) is 0.722. The zero-order valence-corrected chi connectivity index (χ0v) is 9.59. The van der Waals surface area contributed by atoms with Crippen molar-refractivity contribution in [1.82, 2.24) is 0 Å². The Morgan fingerprint density at radius 1 is 0.900 bits per heavy atom. The van der Waals surface area contributed by atoms with E-state index < -0.39 is 54.2 Å². The second kappa shape index (κ2) is 7.04. The number of halogens is 4. The van der Waals surface area contributed by atoms with Gasteiger partial charge in [0.15, 0.2) is 19.0 Å². The van der Waals surface area contributed by atoms with Crippen LogP contribution in [0, 0.1) is 20.2 Å². The number of carbonyl (C=O) groups excluding carboxylic acids is 1. The van der Waals surface area contributed by atoms with Gasteiger partial charge in [-0.3, -0.25) is 25.0 Å². The topological polar surface area (TPSA) is 122 Å². The summed E-state index contributed by atoms with van der Waals surface area (Å²) < 4.78 is 57.4. The molecule has 0 aliphatic rings. The summed E-state index contributed by atoms with van der Waals surface area (Å²) in [4.78, 5) is 26.5. The third-order valence-electron chi connectivity index (χ3n) is 1.61. The number of carbonyl (C=O) groups is 1. The van der Waals surface area contributed by atoms with E-state index in [1.54, 1.807) is 0 Å². The Hall–Kier alpha value is -1.89. The number of ether oxygens (including phenoxy) is 2. The Bertz CT molecular complexity index is 355. The molecule has 20 heavy (non-hydrogen) atoms. The summed E-state index contributed by atoms with van der Waals surface area (Å²) in [5, 5.41) is 19.5. The maximum atomic E-state index is 12.4. The number of nitro groups is 2. The highest BCUT2D eigenvalue weighted by Gasteiger charge is 2.45. The van der Waals surface area contributed by atoms with Crippen LogP contribution in [0.15, 0.2) is 0 Å². The first kappa shape index (κ1) is 18.1. The molecule has 0 saturated heterocycles. The van der Waals surface area contributed by atoms with Crippen molar-refractivity contribution in [1.29, 1.82) is 0 Å². The third kappa shape index (κ3) is 6.33. The Morgan fingerprint density at radius 2 is 1.20 bits per heavy atom. The fourth-order valence-corrected chi connectivity index (χ4v) is 0.722. The molecule has 0 aliphatic heterocycles. The van der Waals surface area contributed by atoms with Gasteiger partial charge in [0.05, 0.1) is 9.85 Å². The quantitative estimate of drug-likeness (QED) is 0.246. The summed E-state index contributed by atoms with van der Waals surface area (Å²) in [5.41, 5.74) is 0. The van der Waals surface area contributed by atoms with Gasteiger partial charge in [-0.05, 0) is 0 Å². The van der Waals surface area contributed by atoms with Crippen LogP contribution in [0.3, 0.4) is 0 Å². The Labute approximate surface area is 107 Å². The second-order valence-electron chi connectivity index (χ2n) is 3.37. The minimum absolute atomic E-state index is 1.05. The van der Waals surface area contributed by atoms with Crippen LogP contribution in [0.25, 0.3) is 0 Å². The molecule has 0 bridgehead atoms. The van der Waals surface area contributed by atoms with Crippen LogP contribution in [0.4, 0.5) is 17.6 Å². The van der Waals surface area contributed by atoms with Crippen molar-refractivity contribution >= 4 is 5.78 Å². The summed E-state index contributed by atoms with van der Waals surface area (Å²) in [6.45, 7) is -5.46. The van der Waals surface area contributed by atoms with Crippen molar-refractivity contribution in [2.45, 2.75) is 12.1 Å². The van der Waals surface area contributed by atoms with Crippen LogP contribution in [0.2, 0.25) is 0 Å². The van der Waals surface area contributed by atoms with Gasteiger partial charge in [0.25, 0.3) is 0 Å². The standard InChI is InChI=1S/C7H8F4N2O7/c8-6(9,12(15)16)3-19-1-5(14)2-20-4-7(10,11)13(17)18/h1-4H2. The van der Waals surface area contributed by atoms with E-state index in [1.165, 1.54) is 0 Å². The Morgan fingerprint density at radius 3 is 1.45 bits per heavy atom. The molecule has 13 heteroatoms. The van der Waals surface area contributed by atoms with E-state index in [2.05, 4.69) is 9.47 Å². The van der Waals surface area contributed by atoms with Crippen molar-refractivity contribution in [2.75, 3.05) is 26.4 Å². The van der Waals surface area contributed by atoms with E-state index in [9.17, 15) is 42.6 Å². The average molecular weight is 308 g/mol. The number of hydrogen-bond acceptors (Lipinski definition) is 7. The molecule has 0 unspecified atom stereocenters. The van der Waals surface area contributed by atoms with Gasteiger partial charge in [-0.1, -0.05) is 0 Å². The molecule has 0 radical (unpaired) electrons. The van der Waals surface area contributed by atoms with Crippen molar-refractivity contribution < 1.29 is 41.7 Å². The highest BCUT2D eigenvalue weighted by atomic mass is 19.3. The molecule has 0 aromatic rings. The van der Waals surface area contributed by atoms with Gasteiger partial charge in [0.1, 0.15) is 13.2 Å². The van der Waals surface area contributed by atoms with E-state index in [4.69, 9.17) is 0 Å². The number of rotatable bonds is 10. The maximum absolute atomic E-state index is 12.4. The number of nitrogens with zero attached hydrogens (tertiary/aromatic N) is 2. The Kier molecular flexibility index (Phi) is 6.38. The Balaban J connectivity index is 3.92. The molecule has 0 atom stereocenters. The van der Waals surface area contributed by atoms with E-state index in [1.807, 2.05) is 0 Å². The van der Waals surface area contributed by atoms with Crippen LogP contribution in [-0.2, 0) is 14.3 Å². The van der Waals surface area contributed by atoms with Crippen LogP contribution < -0.4 is 0 Å². The molecule has 0 aliphatic carbocycles. The van der Waals surface area contributed by atoms with Crippen LogP contribution >= 0.6 is 0 Å². The van der Waals surface area contributed by atoms with Crippen molar-refractivity contribution in [3.8, 4) is 0 Å². The van der Waals surface area contributed by atoms with Crippen LogP contribution in [0.1, 0.15) is 0 Å². The van der Waals surface area contributed by atoms with Gasteiger partial charge < -0.3 is 9.47 Å². The van der Waals surface area contributed by atoms with Gasteiger partial charge >= 0.3 is 12.1 Å². The number of ketones is 1. The lowest BCUT2D eigenvalue weighted by atomic mass is 10.4. The largest absolute Gasteiger partial charge is 0.534 e. The molecule has 0 spiro atoms. The van der Waals surface area contributed by atoms with Crippen LogP contribution in [-0.4, -0.2) is 54.2 Å². The van der Waals surface area contributed by atoms with E-state index in [0.717, 1.165) is 0 Å². The van der Waals surface area contributed by atoms with Gasteiger partial charge in [-0.2, -0.15) is 0 Å². The van der Waals surface area contributed by atoms with Crippen molar-refractivity contribution in [2.24, 2.45) is 0 Å². The third-order valence-corrected chi connectivity index (χ3v) is 1.61. The molecular weight excluding hydrogens is 300 g/mol. The second-order valence-corrected chi connectivity index (χ2v) is 3.37. The lowest BCUT2D eigenvalue weighted by molar-refractivity contribution is -0.647. The first-order chi connectivity index (χ1) is 8.99. The SMILES string of the molecule is O=C(COCC(F)(F)[N+](=O)[O-])COCC(F)(F)[N+](=O)[O-]. The minimum atomic E-state index is -4.39. The van der Waals surface area contributed by atoms with E-state index in [-0.39, 0.29) is 0 Å². The summed E-state index contributed by atoms with van der Waals surface area (Å²) >= 11 is 0. The first-order valence-corrected chi connectivity index (χ1v) is 4.71. The fraction of sp³-hybridized carbons (Fsp3) is 0.857. The molecule has 0 rings (SSSR count). The normalized spacial score (nSPS) is 12.2. The molecule has 0 heterocycles. The highest BCUT2D eigenvalue weighted by molar-refractivity contribution is 5.80. The molecule has 0 N–H and O–H groups in total. The molecule has 0 saturated carbocycles. The summed E-state index contributed by atoms with van der Waals surface area (Å²) in [6, 6.07) is -8.78. The molecular formula is C7H8F4N2O7. The average Bonchev–Trinajstić information content (AvgIpc) is 2.27. The number of alkyl halides is 4. The highest BCUT2D eigenvalue weighted by Crippen LogP contribution is 2.14.